The van der Waals surface area contributed by atoms with Crippen molar-refractivity contribution < 1.29 is 36.0 Å². The number of hydrogen-bond donors (Lipinski definition) is 1. The molecule has 158 valence electrons. The Morgan fingerprint density at radius 2 is 1.72 bits per heavy atom. The SMILES string of the molecule is Cc1ccc(S(=O)(=O)OC[C@@](O)(COC(=O)C(C)C)c2ccc(F)cc2F)cc1. The van der Waals surface area contributed by atoms with Gasteiger partial charge in [0.1, 0.15) is 24.8 Å². The highest BCUT2D eigenvalue weighted by molar-refractivity contribution is 7.86. The van der Waals surface area contributed by atoms with Crippen LogP contribution in [0.3, 0.4) is 0 Å². The molecule has 0 bridgehead atoms. The zero-order valence-corrected chi connectivity index (χ0v) is 17.0. The van der Waals surface area contributed by atoms with Gasteiger partial charge in [0, 0.05) is 11.6 Å². The molecule has 2 rings (SSSR count). The number of halogens is 2. The third kappa shape index (κ3) is 5.81. The molecule has 0 spiro atoms. The van der Waals surface area contributed by atoms with Crippen LogP contribution in [0, 0.1) is 24.5 Å². The molecule has 0 heterocycles. The molecule has 0 unspecified atom stereocenters. The lowest BCUT2D eigenvalue weighted by Gasteiger charge is -2.28. The second-order valence-corrected chi connectivity index (χ2v) is 8.56. The predicted octanol–water partition coefficient (Wildman–Crippen LogP) is 3.07. The summed E-state index contributed by atoms with van der Waals surface area (Å²) in [7, 11) is -4.29. The number of carbonyl (C=O) groups excluding carboxylic acids is 1. The highest BCUT2D eigenvalue weighted by Crippen LogP contribution is 2.28. The first-order chi connectivity index (χ1) is 13.4. The number of rotatable bonds is 8. The average molecular weight is 428 g/mol. The van der Waals surface area contributed by atoms with E-state index in [0.717, 1.165) is 17.7 Å². The van der Waals surface area contributed by atoms with Crippen molar-refractivity contribution in [3.05, 3.63) is 65.2 Å². The summed E-state index contributed by atoms with van der Waals surface area (Å²) in [5, 5.41) is 10.9. The Bertz CT molecular complexity index is 973. The lowest BCUT2D eigenvalue weighted by molar-refractivity contribution is -0.158. The lowest BCUT2D eigenvalue weighted by Crippen LogP contribution is -2.40. The fraction of sp³-hybridized carbons (Fsp3) is 0.350. The van der Waals surface area contributed by atoms with E-state index in [1.165, 1.54) is 12.1 Å². The van der Waals surface area contributed by atoms with Crippen LogP contribution in [-0.4, -0.2) is 32.7 Å². The van der Waals surface area contributed by atoms with Crippen LogP contribution in [0.1, 0.15) is 25.0 Å². The summed E-state index contributed by atoms with van der Waals surface area (Å²) in [5.41, 5.74) is -2.00. The fourth-order valence-corrected chi connectivity index (χ4v) is 3.32. The molecule has 0 aromatic heterocycles. The van der Waals surface area contributed by atoms with Gasteiger partial charge in [0.05, 0.1) is 10.8 Å². The van der Waals surface area contributed by atoms with Crippen molar-refractivity contribution >= 4 is 16.1 Å². The van der Waals surface area contributed by atoms with Gasteiger partial charge in [0.2, 0.25) is 0 Å². The number of benzene rings is 2. The van der Waals surface area contributed by atoms with Crippen molar-refractivity contribution in [3.8, 4) is 0 Å². The van der Waals surface area contributed by atoms with Crippen molar-refractivity contribution in [2.75, 3.05) is 13.2 Å². The Morgan fingerprint density at radius 1 is 1.10 bits per heavy atom. The van der Waals surface area contributed by atoms with Crippen molar-refractivity contribution in [1.29, 1.82) is 0 Å². The van der Waals surface area contributed by atoms with E-state index in [-0.39, 0.29) is 4.90 Å². The topological polar surface area (TPSA) is 89.9 Å². The number of aliphatic hydroxyl groups is 1. The molecule has 0 aliphatic heterocycles. The van der Waals surface area contributed by atoms with E-state index in [9.17, 15) is 27.1 Å². The highest BCUT2D eigenvalue weighted by atomic mass is 32.2. The summed E-state index contributed by atoms with van der Waals surface area (Å²) in [6.07, 6.45) is 0. The number of carbonyl (C=O) groups is 1. The maximum absolute atomic E-state index is 14.3. The molecule has 0 saturated carbocycles. The third-order valence-electron chi connectivity index (χ3n) is 4.12. The minimum atomic E-state index is -4.29. The lowest BCUT2D eigenvalue weighted by atomic mass is 9.95. The van der Waals surface area contributed by atoms with E-state index in [1.54, 1.807) is 32.9 Å². The van der Waals surface area contributed by atoms with Crippen molar-refractivity contribution in [1.82, 2.24) is 0 Å². The van der Waals surface area contributed by atoms with Crippen LogP contribution >= 0.6 is 0 Å². The molecule has 0 amide bonds. The highest BCUT2D eigenvalue weighted by Gasteiger charge is 2.37. The molecular formula is C20H22F2O6S. The summed E-state index contributed by atoms with van der Waals surface area (Å²) in [6.45, 7) is 3.15. The van der Waals surface area contributed by atoms with Crippen LogP contribution in [0.2, 0.25) is 0 Å². The molecule has 0 fully saturated rings. The molecular weight excluding hydrogens is 406 g/mol. The first-order valence-electron chi connectivity index (χ1n) is 8.75. The molecule has 1 atom stereocenters. The van der Waals surface area contributed by atoms with Gasteiger partial charge in [-0.15, -0.1) is 0 Å². The maximum atomic E-state index is 14.3. The first kappa shape index (κ1) is 22.9. The van der Waals surface area contributed by atoms with Gasteiger partial charge in [-0.3, -0.25) is 8.98 Å². The molecule has 2 aromatic carbocycles. The molecule has 6 nitrogen and oxygen atoms in total. The van der Waals surface area contributed by atoms with E-state index < -0.39 is 58.0 Å². The molecule has 9 heteroatoms. The third-order valence-corrected chi connectivity index (χ3v) is 5.40. The molecule has 0 aliphatic rings. The van der Waals surface area contributed by atoms with Gasteiger partial charge in [0.25, 0.3) is 10.1 Å². The minimum absolute atomic E-state index is 0.163. The van der Waals surface area contributed by atoms with Gasteiger partial charge in [0.15, 0.2) is 5.60 Å². The van der Waals surface area contributed by atoms with E-state index in [2.05, 4.69) is 0 Å². The van der Waals surface area contributed by atoms with Gasteiger partial charge in [-0.25, -0.2) is 8.78 Å². The second kappa shape index (κ2) is 8.98. The minimum Gasteiger partial charge on any atom is -0.462 e. The summed E-state index contributed by atoms with van der Waals surface area (Å²) < 4.78 is 62.2. The van der Waals surface area contributed by atoms with Crippen LogP contribution in [0.25, 0.3) is 0 Å². The van der Waals surface area contributed by atoms with E-state index >= 15 is 0 Å². The monoisotopic (exact) mass is 428 g/mol. The fourth-order valence-electron chi connectivity index (χ4n) is 2.37. The summed E-state index contributed by atoms with van der Waals surface area (Å²) >= 11 is 0. The number of esters is 1. The van der Waals surface area contributed by atoms with Gasteiger partial charge in [-0.1, -0.05) is 37.6 Å². The van der Waals surface area contributed by atoms with E-state index in [4.69, 9.17) is 8.92 Å². The van der Waals surface area contributed by atoms with Crippen LogP contribution in [0.5, 0.6) is 0 Å². The summed E-state index contributed by atoms with van der Waals surface area (Å²) in [5.74, 6) is -3.24. The van der Waals surface area contributed by atoms with Crippen LogP contribution in [0.15, 0.2) is 47.4 Å². The first-order valence-corrected chi connectivity index (χ1v) is 10.2. The zero-order chi connectivity index (χ0) is 21.8. The largest absolute Gasteiger partial charge is 0.462 e. The van der Waals surface area contributed by atoms with Crippen molar-refractivity contribution in [3.63, 3.8) is 0 Å². The molecule has 0 saturated heterocycles. The van der Waals surface area contributed by atoms with Crippen LogP contribution in [-0.2, 0) is 29.4 Å². The Kier molecular flexibility index (Phi) is 7.10. The smallest absolute Gasteiger partial charge is 0.308 e. The van der Waals surface area contributed by atoms with E-state index in [0.29, 0.717) is 6.07 Å². The number of hydrogen-bond acceptors (Lipinski definition) is 6. The van der Waals surface area contributed by atoms with Crippen molar-refractivity contribution in [2.24, 2.45) is 5.92 Å². The van der Waals surface area contributed by atoms with Gasteiger partial charge >= 0.3 is 5.97 Å². The van der Waals surface area contributed by atoms with Gasteiger partial charge in [-0.05, 0) is 25.1 Å². The van der Waals surface area contributed by atoms with E-state index in [1.807, 2.05) is 0 Å². The van der Waals surface area contributed by atoms with Gasteiger partial charge < -0.3 is 9.84 Å². The Labute approximate surface area is 168 Å². The second-order valence-electron chi connectivity index (χ2n) is 6.95. The van der Waals surface area contributed by atoms with Gasteiger partial charge in [-0.2, -0.15) is 8.42 Å². The molecule has 0 radical (unpaired) electrons. The predicted molar refractivity (Wildman–Crippen MR) is 100 cm³/mol. The zero-order valence-electron chi connectivity index (χ0n) is 16.2. The van der Waals surface area contributed by atoms with Crippen LogP contribution in [0.4, 0.5) is 8.78 Å². The van der Waals surface area contributed by atoms with Crippen LogP contribution < -0.4 is 0 Å². The Balaban J connectivity index is 2.31. The molecule has 0 aliphatic carbocycles. The quantitative estimate of drug-likeness (QED) is 0.513. The molecule has 29 heavy (non-hydrogen) atoms. The van der Waals surface area contributed by atoms with Crippen molar-refractivity contribution in [2.45, 2.75) is 31.3 Å². The average Bonchev–Trinajstić information content (AvgIpc) is 2.64. The maximum Gasteiger partial charge on any atom is 0.308 e. The Morgan fingerprint density at radius 3 is 2.28 bits per heavy atom. The normalized spacial score (nSPS) is 13.9. The summed E-state index contributed by atoms with van der Waals surface area (Å²) in [6, 6.07) is 8.12. The number of aryl methyl sites for hydroxylation is 1. The standard InChI is InChI=1S/C20H22F2O6S/c1-13(2)19(23)27-11-20(24,17-9-6-15(21)10-18(17)22)12-28-29(25,26)16-7-4-14(3)5-8-16/h4-10,13,24H,11-12H2,1-3H3/t20-/m0/s1. The summed E-state index contributed by atoms with van der Waals surface area (Å²) in [4.78, 5) is 11.6. The number of ether oxygens (including phenoxy) is 1. The Hall–Kier alpha value is -2.36. The molecule has 1 N–H and O–H groups in total. The molecule has 2 aromatic rings.